The predicted molar refractivity (Wildman–Crippen MR) is 95.2 cm³/mol. The molecule has 1 aromatic carbocycles. The zero-order valence-electron chi connectivity index (χ0n) is 18.0. The van der Waals surface area contributed by atoms with Gasteiger partial charge in [-0.3, -0.25) is 9.19 Å². The molecule has 0 aliphatic heterocycles. The van der Waals surface area contributed by atoms with Crippen molar-refractivity contribution in [2.24, 2.45) is 0 Å². The summed E-state index contributed by atoms with van der Waals surface area (Å²) in [5, 5.41) is 0.430. The summed E-state index contributed by atoms with van der Waals surface area (Å²) in [7, 11) is 1.91. The summed E-state index contributed by atoms with van der Waals surface area (Å²) in [6, 6.07) is 5.50. The molecule has 2 aromatic heterocycles. The van der Waals surface area contributed by atoms with Crippen LogP contribution in [0.1, 0.15) is 19.7 Å². The van der Waals surface area contributed by atoms with Crippen molar-refractivity contribution >= 4 is 21.8 Å². The maximum Gasteiger partial charge on any atom is 1.00 e. The normalized spacial score (nSPS) is 11.4. The van der Waals surface area contributed by atoms with E-state index in [1.165, 1.54) is 0 Å². The van der Waals surface area contributed by atoms with E-state index in [-0.39, 0.29) is 67.7 Å². The second-order valence-electron chi connectivity index (χ2n) is 5.46. The van der Waals surface area contributed by atoms with Crippen molar-refractivity contribution in [1.29, 1.82) is 0 Å². The van der Waals surface area contributed by atoms with Gasteiger partial charge in [0.25, 0.3) is 0 Å². The molecule has 0 saturated heterocycles. The molecule has 0 amide bonds. The molecule has 9 heteroatoms. The number of rotatable bonds is 5. The summed E-state index contributed by atoms with van der Waals surface area (Å²) in [6.45, 7) is 3.86. The van der Waals surface area contributed by atoms with Crippen LogP contribution in [-0.4, -0.2) is 33.4 Å². The van der Waals surface area contributed by atoms with Gasteiger partial charge in [-0.2, -0.15) is 0 Å². The number of nitrogens with zero attached hydrogens (tertiary/aromatic N) is 2. The molecular weight excluding hydrogens is 372 g/mol. The van der Waals surface area contributed by atoms with E-state index < -0.39 is 10.8 Å². The molecule has 1 atom stereocenters. The van der Waals surface area contributed by atoms with Crippen LogP contribution in [0.5, 0.6) is 11.5 Å². The second kappa shape index (κ2) is 10.2. The average molecular weight is 393 g/mol. The van der Waals surface area contributed by atoms with Crippen molar-refractivity contribution < 1.29 is 75.7 Å². The number of pyridine rings is 1. The van der Waals surface area contributed by atoms with E-state index in [1.54, 1.807) is 20.4 Å². The number of benzene rings is 1. The Morgan fingerprint density at radius 3 is 2.58 bits per heavy atom. The first kappa shape index (κ1) is 23.6. The molecule has 26 heavy (non-hydrogen) atoms. The molecule has 3 aromatic rings. The standard InChI is InChI=1S/C17H19N3O3S.2Na.2H/c1-10-8-18-15(11(2)16(10)23-4)9-24(21)17-19-13-6-5-12(22-3)7-14(13)20-17;;;;/h5-8H,9H2,1-4H3,(H,19,20);;;;/q;2*+1;2*-1/t24-;;;;/m0..../s1. The van der Waals surface area contributed by atoms with Crippen LogP contribution in [0.3, 0.4) is 0 Å². The number of hydrogen-bond donors (Lipinski definition) is 1. The van der Waals surface area contributed by atoms with E-state index in [0.717, 1.165) is 39.4 Å². The summed E-state index contributed by atoms with van der Waals surface area (Å²) in [6.07, 6.45) is 1.74. The molecule has 1 N–H and O–H groups in total. The molecule has 0 unspecified atom stereocenters. The van der Waals surface area contributed by atoms with Gasteiger partial charge in [0.2, 0.25) is 0 Å². The topological polar surface area (TPSA) is 77.1 Å². The molecule has 130 valence electrons. The predicted octanol–water partition coefficient (Wildman–Crippen LogP) is -2.87. The number of aromatic amines is 1. The van der Waals surface area contributed by atoms with Gasteiger partial charge >= 0.3 is 59.1 Å². The molecule has 6 nitrogen and oxygen atoms in total. The molecule has 0 saturated carbocycles. The number of aromatic nitrogens is 3. The first-order valence-electron chi connectivity index (χ1n) is 7.44. The molecule has 0 aliphatic rings. The minimum atomic E-state index is -1.33. The molecule has 3 rings (SSSR count). The Bertz CT molecular complexity index is 941. The summed E-state index contributed by atoms with van der Waals surface area (Å²) in [5.41, 5.74) is 4.16. The monoisotopic (exact) mass is 393 g/mol. The van der Waals surface area contributed by atoms with Crippen LogP contribution in [0.15, 0.2) is 29.6 Å². The Kier molecular flexibility index (Phi) is 9.29. The van der Waals surface area contributed by atoms with Crippen molar-refractivity contribution in [1.82, 2.24) is 15.0 Å². The van der Waals surface area contributed by atoms with E-state index in [4.69, 9.17) is 9.47 Å². The van der Waals surface area contributed by atoms with Gasteiger partial charge in [-0.05, 0) is 26.0 Å². The van der Waals surface area contributed by atoms with Crippen molar-refractivity contribution in [3.05, 3.63) is 41.2 Å². The van der Waals surface area contributed by atoms with Crippen molar-refractivity contribution in [3.63, 3.8) is 0 Å². The number of hydrogen-bond acceptors (Lipinski definition) is 5. The van der Waals surface area contributed by atoms with Gasteiger partial charge in [-0.25, -0.2) is 4.98 Å². The Balaban J connectivity index is 0. The fourth-order valence-electron chi connectivity index (χ4n) is 2.61. The minimum Gasteiger partial charge on any atom is -1.00 e. The number of fused-ring (bicyclic) bond motifs is 1. The van der Waals surface area contributed by atoms with E-state index in [0.29, 0.717) is 5.16 Å². The fraction of sp³-hybridized carbons (Fsp3) is 0.294. The van der Waals surface area contributed by atoms with Gasteiger partial charge in [0.05, 0.1) is 47.5 Å². The largest absolute Gasteiger partial charge is 1.00 e. The summed E-state index contributed by atoms with van der Waals surface area (Å²) >= 11 is 0. The fourth-order valence-corrected chi connectivity index (χ4v) is 3.71. The Hall–Kier alpha value is -0.410. The number of ether oxygens (including phenoxy) is 2. The first-order chi connectivity index (χ1) is 11.5. The second-order valence-corrected chi connectivity index (χ2v) is 6.83. The van der Waals surface area contributed by atoms with Gasteiger partial charge in [0.1, 0.15) is 11.5 Å². The van der Waals surface area contributed by atoms with Crippen molar-refractivity contribution in [2.45, 2.75) is 24.8 Å². The van der Waals surface area contributed by atoms with E-state index in [9.17, 15) is 4.21 Å². The van der Waals surface area contributed by atoms with Gasteiger partial charge in [-0.1, -0.05) is 0 Å². The molecule has 0 radical (unpaired) electrons. The third-order valence-corrected chi connectivity index (χ3v) is 5.06. The van der Waals surface area contributed by atoms with Gasteiger partial charge in [0, 0.05) is 23.4 Å². The van der Waals surface area contributed by atoms with Crippen LogP contribution >= 0.6 is 0 Å². The van der Waals surface area contributed by atoms with Gasteiger partial charge in [0.15, 0.2) is 5.16 Å². The van der Waals surface area contributed by atoms with Crippen LogP contribution in [-0.2, 0) is 16.6 Å². The van der Waals surface area contributed by atoms with Crippen LogP contribution in [0.4, 0.5) is 0 Å². The molecule has 0 aliphatic carbocycles. The molecule has 0 spiro atoms. The first-order valence-corrected chi connectivity index (χ1v) is 8.76. The van der Waals surface area contributed by atoms with Crippen LogP contribution in [0.25, 0.3) is 11.0 Å². The van der Waals surface area contributed by atoms with Gasteiger partial charge < -0.3 is 17.3 Å². The van der Waals surface area contributed by atoms with Crippen molar-refractivity contribution in [2.75, 3.05) is 14.2 Å². The molecule has 2 heterocycles. The van der Waals surface area contributed by atoms with Crippen molar-refractivity contribution in [3.8, 4) is 11.5 Å². The Labute approximate surface area is 202 Å². The third kappa shape index (κ3) is 4.90. The number of aryl methyl sites for hydroxylation is 1. The molecule has 0 bridgehead atoms. The number of methoxy groups -OCH3 is 2. The third-order valence-electron chi connectivity index (χ3n) is 3.90. The smallest absolute Gasteiger partial charge is 1.00 e. The zero-order valence-corrected chi connectivity index (χ0v) is 20.9. The maximum atomic E-state index is 12.7. The van der Waals surface area contributed by atoms with Crippen LogP contribution in [0, 0.1) is 13.8 Å². The van der Waals surface area contributed by atoms with Gasteiger partial charge in [-0.15, -0.1) is 0 Å². The SMILES string of the molecule is COc1ccc2nc([S@@](=O)Cc3ncc(C)c(OC)c3C)[nH]c2c1.[H-].[H-].[Na+].[Na+]. The zero-order chi connectivity index (χ0) is 17.3. The Morgan fingerprint density at radius 1 is 1.19 bits per heavy atom. The maximum absolute atomic E-state index is 12.7. The van der Waals surface area contributed by atoms with E-state index >= 15 is 0 Å². The molecular formula is C17H21N3Na2O3S. The summed E-state index contributed by atoms with van der Waals surface area (Å²) in [4.78, 5) is 11.9. The average Bonchev–Trinajstić information content (AvgIpc) is 3.01. The summed E-state index contributed by atoms with van der Waals surface area (Å²) in [5.74, 6) is 1.79. The van der Waals surface area contributed by atoms with E-state index in [1.807, 2.05) is 32.0 Å². The number of imidazole rings is 1. The van der Waals surface area contributed by atoms with Crippen LogP contribution in [0.2, 0.25) is 0 Å². The quantitative estimate of drug-likeness (QED) is 0.472. The van der Waals surface area contributed by atoms with E-state index in [2.05, 4.69) is 15.0 Å². The minimum absolute atomic E-state index is 0. The Morgan fingerprint density at radius 2 is 1.92 bits per heavy atom. The summed E-state index contributed by atoms with van der Waals surface area (Å²) < 4.78 is 23.3. The number of nitrogens with one attached hydrogen (secondary N) is 1. The molecule has 0 fully saturated rings. The number of H-pyrrole nitrogens is 1. The van der Waals surface area contributed by atoms with Crippen LogP contribution < -0.4 is 68.6 Å².